The monoisotopic (exact) mass is 701 g/mol. The minimum atomic E-state index is -0.0692. The van der Waals surface area contributed by atoms with E-state index in [-0.39, 0.29) is 5.41 Å². The van der Waals surface area contributed by atoms with Crippen molar-refractivity contribution in [3.05, 3.63) is 193 Å². The molecule has 0 aliphatic heterocycles. The molecular weight excluding hydrogens is 667 g/mol. The summed E-state index contributed by atoms with van der Waals surface area (Å²) in [5.41, 5.74) is 16.6. The van der Waals surface area contributed by atoms with Gasteiger partial charge in [-0.2, -0.15) is 5.26 Å². The SMILES string of the molecule is CC1(C)c2ccccc2-c2cc(-c3cc(-c4ccc(-n5c6ccccc6c6ccccc65)cc4C#N)cc(-n4c5ccccc5c5ccccc54)c3)ccc21. The van der Waals surface area contributed by atoms with E-state index in [9.17, 15) is 5.26 Å². The van der Waals surface area contributed by atoms with Crippen molar-refractivity contribution in [3.8, 4) is 50.8 Å². The molecule has 0 spiro atoms. The molecule has 0 atom stereocenters. The Morgan fingerprint density at radius 3 is 1.51 bits per heavy atom. The van der Waals surface area contributed by atoms with Gasteiger partial charge in [0.2, 0.25) is 0 Å². The zero-order chi connectivity index (χ0) is 36.8. The lowest BCUT2D eigenvalue weighted by molar-refractivity contribution is 0.660. The lowest BCUT2D eigenvalue weighted by Crippen LogP contribution is -2.14. The Hall–Kier alpha value is -7.15. The Morgan fingerprint density at radius 2 is 0.909 bits per heavy atom. The first kappa shape index (κ1) is 31.4. The Morgan fingerprint density at radius 1 is 0.400 bits per heavy atom. The summed E-state index contributed by atoms with van der Waals surface area (Å²) in [6, 6.07) is 65.8. The molecule has 0 N–H and O–H groups in total. The first-order chi connectivity index (χ1) is 27.0. The minimum absolute atomic E-state index is 0.0692. The first-order valence-electron chi connectivity index (χ1n) is 18.9. The van der Waals surface area contributed by atoms with Crippen molar-refractivity contribution in [1.29, 1.82) is 5.26 Å². The van der Waals surface area contributed by atoms with Crippen LogP contribution in [0.5, 0.6) is 0 Å². The van der Waals surface area contributed by atoms with Crippen molar-refractivity contribution in [2.75, 3.05) is 0 Å². The zero-order valence-electron chi connectivity index (χ0n) is 30.6. The molecule has 55 heavy (non-hydrogen) atoms. The predicted molar refractivity (Wildman–Crippen MR) is 228 cm³/mol. The van der Waals surface area contributed by atoms with Gasteiger partial charge in [-0.25, -0.2) is 0 Å². The third-order valence-electron chi connectivity index (χ3n) is 11.9. The van der Waals surface area contributed by atoms with Crippen molar-refractivity contribution < 1.29 is 0 Å². The molecule has 8 aromatic carbocycles. The number of para-hydroxylation sites is 4. The smallest absolute Gasteiger partial charge is 0.0998 e. The fraction of sp³-hybridized carbons (Fsp3) is 0.0577. The van der Waals surface area contributed by atoms with Gasteiger partial charge in [0.25, 0.3) is 0 Å². The molecule has 0 fully saturated rings. The quantitative estimate of drug-likeness (QED) is 0.180. The number of hydrogen-bond acceptors (Lipinski definition) is 1. The van der Waals surface area contributed by atoms with Gasteiger partial charge < -0.3 is 9.13 Å². The number of fused-ring (bicyclic) bond motifs is 9. The Kier molecular flexibility index (Phi) is 6.66. The Labute approximate surface area is 319 Å². The minimum Gasteiger partial charge on any atom is -0.309 e. The van der Waals surface area contributed by atoms with Crippen molar-refractivity contribution >= 4 is 43.6 Å². The van der Waals surface area contributed by atoms with Gasteiger partial charge in [-0.3, -0.25) is 0 Å². The lowest BCUT2D eigenvalue weighted by atomic mass is 9.82. The fourth-order valence-corrected chi connectivity index (χ4v) is 9.38. The molecule has 1 aliphatic rings. The summed E-state index contributed by atoms with van der Waals surface area (Å²) < 4.78 is 4.65. The van der Waals surface area contributed by atoms with E-state index in [4.69, 9.17) is 0 Å². The molecule has 3 heteroatoms. The van der Waals surface area contributed by atoms with E-state index in [0.29, 0.717) is 5.56 Å². The van der Waals surface area contributed by atoms with Crippen LogP contribution in [0.2, 0.25) is 0 Å². The largest absolute Gasteiger partial charge is 0.309 e. The van der Waals surface area contributed by atoms with Crippen LogP contribution < -0.4 is 0 Å². The molecule has 3 nitrogen and oxygen atoms in total. The van der Waals surface area contributed by atoms with Gasteiger partial charge in [0, 0.05) is 38.3 Å². The Balaban J connectivity index is 1.15. The Bertz CT molecular complexity index is 3150. The first-order valence-corrected chi connectivity index (χ1v) is 18.9. The number of nitrogens with zero attached hydrogens (tertiary/aromatic N) is 3. The van der Waals surface area contributed by atoms with Crippen LogP contribution in [0.15, 0.2) is 176 Å². The summed E-state index contributed by atoms with van der Waals surface area (Å²) in [6.07, 6.45) is 0. The number of nitriles is 1. The average Bonchev–Trinajstić information content (AvgIpc) is 3.84. The van der Waals surface area contributed by atoms with E-state index in [0.717, 1.165) is 55.7 Å². The second kappa shape index (κ2) is 11.7. The van der Waals surface area contributed by atoms with Crippen LogP contribution in [0.3, 0.4) is 0 Å². The summed E-state index contributed by atoms with van der Waals surface area (Å²) >= 11 is 0. The summed E-state index contributed by atoms with van der Waals surface area (Å²) in [7, 11) is 0. The van der Waals surface area contributed by atoms with Crippen molar-refractivity contribution in [2.24, 2.45) is 0 Å². The maximum absolute atomic E-state index is 10.8. The van der Waals surface area contributed by atoms with Gasteiger partial charge in [0.1, 0.15) is 0 Å². The molecule has 2 aromatic heterocycles. The molecule has 11 rings (SSSR count). The molecule has 2 heterocycles. The van der Waals surface area contributed by atoms with E-state index >= 15 is 0 Å². The highest BCUT2D eigenvalue weighted by Gasteiger charge is 2.35. The third kappa shape index (κ3) is 4.55. The summed E-state index contributed by atoms with van der Waals surface area (Å²) in [5, 5.41) is 15.7. The number of aromatic nitrogens is 2. The second-order valence-electron chi connectivity index (χ2n) is 15.3. The van der Waals surface area contributed by atoms with Gasteiger partial charge in [-0.15, -0.1) is 0 Å². The number of rotatable bonds is 4. The van der Waals surface area contributed by atoms with Crippen LogP contribution in [0, 0.1) is 11.3 Å². The van der Waals surface area contributed by atoms with Crippen LogP contribution in [0.1, 0.15) is 30.5 Å². The van der Waals surface area contributed by atoms with E-state index in [2.05, 4.69) is 205 Å². The van der Waals surface area contributed by atoms with Crippen LogP contribution in [0.25, 0.3) is 88.4 Å². The van der Waals surface area contributed by atoms with Gasteiger partial charge in [0.05, 0.1) is 33.7 Å². The van der Waals surface area contributed by atoms with Crippen LogP contribution in [-0.4, -0.2) is 9.13 Å². The van der Waals surface area contributed by atoms with Gasteiger partial charge in [-0.05, 0) is 105 Å². The molecule has 0 bridgehead atoms. The number of benzene rings is 8. The van der Waals surface area contributed by atoms with E-state index < -0.39 is 0 Å². The second-order valence-corrected chi connectivity index (χ2v) is 15.3. The van der Waals surface area contributed by atoms with Crippen LogP contribution >= 0.6 is 0 Å². The van der Waals surface area contributed by atoms with E-state index in [1.807, 2.05) is 0 Å². The molecule has 0 saturated heterocycles. The maximum atomic E-state index is 10.8. The molecule has 10 aromatic rings. The topological polar surface area (TPSA) is 33.6 Å². The average molecular weight is 702 g/mol. The highest BCUT2D eigenvalue weighted by atomic mass is 15.0. The molecule has 1 aliphatic carbocycles. The number of hydrogen-bond donors (Lipinski definition) is 0. The maximum Gasteiger partial charge on any atom is 0.0998 e. The zero-order valence-corrected chi connectivity index (χ0v) is 30.6. The standard InChI is InChI=1S/C52H35N3/c1-52(2)46-18-8-3-13-40(46)45-31-33(23-26-47(45)52)34-27-35(29-38(28-34)55-50-21-11-6-16-43(50)44-17-7-12-22-51(44)55)39-25-24-37(30-36(39)32-53)54-48-19-9-4-14-41(48)42-15-5-10-20-49(42)54/h3-31H,1-2H3. The molecule has 258 valence electrons. The van der Waals surface area contributed by atoms with Crippen LogP contribution in [0.4, 0.5) is 0 Å². The molecule has 0 saturated carbocycles. The lowest BCUT2D eigenvalue weighted by Gasteiger charge is -2.21. The van der Waals surface area contributed by atoms with Gasteiger partial charge in [0.15, 0.2) is 0 Å². The van der Waals surface area contributed by atoms with Crippen LogP contribution in [-0.2, 0) is 5.41 Å². The fourth-order valence-electron chi connectivity index (χ4n) is 9.38. The summed E-state index contributed by atoms with van der Waals surface area (Å²) in [6.45, 7) is 4.65. The highest BCUT2D eigenvalue weighted by molar-refractivity contribution is 6.10. The molecule has 0 amide bonds. The van der Waals surface area contributed by atoms with E-state index in [1.54, 1.807) is 0 Å². The highest BCUT2D eigenvalue weighted by Crippen LogP contribution is 2.50. The molecular formula is C52H35N3. The summed E-state index contributed by atoms with van der Waals surface area (Å²) in [4.78, 5) is 0. The summed E-state index contributed by atoms with van der Waals surface area (Å²) in [5.74, 6) is 0. The molecule has 0 unspecified atom stereocenters. The predicted octanol–water partition coefficient (Wildman–Crippen LogP) is 13.4. The van der Waals surface area contributed by atoms with Crippen molar-refractivity contribution in [2.45, 2.75) is 19.3 Å². The van der Waals surface area contributed by atoms with Gasteiger partial charge in [-0.1, -0.05) is 129 Å². The molecule has 0 radical (unpaired) electrons. The third-order valence-corrected chi connectivity index (χ3v) is 11.9. The van der Waals surface area contributed by atoms with E-state index in [1.165, 1.54) is 43.8 Å². The van der Waals surface area contributed by atoms with Crippen molar-refractivity contribution in [1.82, 2.24) is 9.13 Å². The van der Waals surface area contributed by atoms with Gasteiger partial charge >= 0.3 is 0 Å². The van der Waals surface area contributed by atoms with Crippen molar-refractivity contribution in [3.63, 3.8) is 0 Å². The normalized spacial score (nSPS) is 13.0.